The van der Waals surface area contributed by atoms with E-state index in [1.165, 1.54) is 12.1 Å². The second-order valence-electron chi connectivity index (χ2n) is 4.79. The minimum atomic E-state index is -0.213. The van der Waals surface area contributed by atoms with Crippen LogP contribution in [0.15, 0.2) is 33.8 Å². The lowest BCUT2D eigenvalue weighted by Crippen LogP contribution is -2.39. The van der Waals surface area contributed by atoms with Crippen molar-refractivity contribution >= 4 is 5.96 Å². The maximum Gasteiger partial charge on any atom is 0.228 e. The van der Waals surface area contributed by atoms with Gasteiger partial charge in [-0.3, -0.25) is 4.99 Å². The lowest BCUT2D eigenvalue weighted by Gasteiger charge is -2.11. The predicted octanol–water partition coefficient (Wildman–Crippen LogP) is 1.47. The van der Waals surface area contributed by atoms with Crippen molar-refractivity contribution in [2.24, 2.45) is 4.99 Å². The number of aromatic nitrogens is 2. The molecule has 2 aromatic rings. The summed E-state index contributed by atoms with van der Waals surface area (Å²) in [6, 6.07) is 6.59. The van der Waals surface area contributed by atoms with Crippen molar-refractivity contribution in [2.45, 2.75) is 19.8 Å². The van der Waals surface area contributed by atoms with Gasteiger partial charge < -0.3 is 15.2 Å². The van der Waals surface area contributed by atoms with Crippen LogP contribution in [0.3, 0.4) is 0 Å². The summed E-state index contributed by atoms with van der Waals surface area (Å²) in [5, 5.41) is 10.1. The first-order valence-corrected chi connectivity index (χ1v) is 7.15. The van der Waals surface area contributed by atoms with Gasteiger partial charge in [0.15, 0.2) is 11.8 Å². The van der Waals surface area contributed by atoms with E-state index in [9.17, 15) is 4.39 Å². The van der Waals surface area contributed by atoms with Crippen LogP contribution >= 0.6 is 0 Å². The summed E-state index contributed by atoms with van der Waals surface area (Å²) in [6.07, 6.45) is 1.35. The Hall–Kier alpha value is -2.44. The zero-order valence-corrected chi connectivity index (χ0v) is 12.8. The highest BCUT2D eigenvalue weighted by atomic mass is 19.1. The van der Waals surface area contributed by atoms with Gasteiger partial charge in [0.25, 0.3) is 0 Å². The second kappa shape index (κ2) is 8.11. The van der Waals surface area contributed by atoms with E-state index in [-0.39, 0.29) is 5.82 Å². The van der Waals surface area contributed by atoms with Crippen molar-refractivity contribution in [3.8, 4) is 0 Å². The molecule has 1 aromatic carbocycles. The molecule has 0 radical (unpaired) electrons. The van der Waals surface area contributed by atoms with Crippen LogP contribution in [0.1, 0.15) is 17.3 Å². The minimum Gasteiger partial charge on any atom is -0.356 e. The van der Waals surface area contributed by atoms with E-state index in [1.54, 1.807) is 20.0 Å². The summed E-state index contributed by atoms with van der Waals surface area (Å²) >= 11 is 0. The van der Waals surface area contributed by atoms with Crippen LogP contribution < -0.4 is 10.6 Å². The topological polar surface area (TPSA) is 75.3 Å². The molecule has 1 aromatic heterocycles. The number of nitrogens with zero attached hydrogens (tertiary/aromatic N) is 3. The fourth-order valence-corrected chi connectivity index (χ4v) is 1.97. The van der Waals surface area contributed by atoms with Crippen LogP contribution in [0.5, 0.6) is 0 Å². The first-order valence-electron chi connectivity index (χ1n) is 7.15. The molecular formula is C15H20FN5O. The molecule has 1 heterocycles. The van der Waals surface area contributed by atoms with Gasteiger partial charge in [-0.25, -0.2) is 4.39 Å². The van der Waals surface area contributed by atoms with Gasteiger partial charge in [0.05, 0.1) is 0 Å². The largest absolute Gasteiger partial charge is 0.356 e. The number of aliphatic imine (C=N–C) groups is 1. The lowest BCUT2D eigenvalue weighted by atomic mass is 10.1. The molecule has 0 saturated heterocycles. The summed E-state index contributed by atoms with van der Waals surface area (Å²) in [7, 11) is 1.70. The lowest BCUT2D eigenvalue weighted by molar-refractivity contribution is 0.374. The van der Waals surface area contributed by atoms with E-state index in [0.29, 0.717) is 37.2 Å². The first-order chi connectivity index (χ1) is 10.7. The van der Waals surface area contributed by atoms with Crippen LogP contribution in [0.4, 0.5) is 4.39 Å². The molecule has 118 valence electrons. The van der Waals surface area contributed by atoms with Gasteiger partial charge in [-0.2, -0.15) is 4.98 Å². The van der Waals surface area contributed by atoms with E-state index in [2.05, 4.69) is 25.8 Å². The quantitative estimate of drug-likeness (QED) is 0.624. The Morgan fingerprint density at radius 3 is 2.68 bits per heavy atom. The van der Waals surface area contributed by atoms with Gasteiger partial charge in [0, 0.05) is 26.6 Å². The molecule has 0 atom stereocenters. The second-order valence-corrected chi connectivity index (χ2v) is 4.79. The molecule has 6 nitrogen and oxygen atoms in total. The summed E-state index contributed by atoms with van der Waals surface area (Å²) in [5.74, 6) is 1.70. The summed E-state index contributed by atoms with van der Waals surface area (Å²) in [5.41, 5.74) is 0.948. The highest BCUT2D eigenvalue weighted by Crippen LogP contribution is 2.03. The predicted molar refractivity (Wildman–Crippen MR) is 82.2 cm³/mol. The highest BCUT2D eigenvalue weighted by molar-refractivity contribution is 5.79. The van der Waals surface area contributed by atoms with E-state index < -0.39 is 0 Å². The molecule has 0 bridgehead atoms. The molecule has 0 spiro atoms. The van der Waals surface area contributed by atoms with Crippen molar-refractivity contribution in [1.29, 1.82) is 0 Å². The normalized spacial score (nSPS) is 11.5. The molecule has 0 amide bonds. The van der Waals surface area contributed by atoms with Gasteiger partial charge in [-0.1, -0.05) is 17.3 Å². The third-order valence-corrected chi connectivity index (χ3v) is 3.02. The molecule has 2 N–H and O–H groups in total. The van der Waals surface area contributed by atoms with Crippen LogP contribution in [0, 0.1) is 12.7 Å². The van der Waals surface area contributed by atoms with E-state index in [0.717, 1.165) is 12.0 Å². The van der Waals surface area contributed by atoms with E-state index >= 15 is 0 Å². The van der Waals surface area contributed by atoms with E-state index in [4.69, 9.17) is 4.52 Å². The molecule has 0 aliphatic rings. The first kappa shape index (κ1) is 15.9. The molecule has 0 aliphatic heterocycles. The van der Waals surface area contributed by atoms with Crippen LogP contribution in [-0.2, 0) is 12.8 Å². The maximum absolute atomic E-state index is 13.1. The molecule has 2 rings (SSSR count). The average Bonchev–Trinajstić information content (AvgIpc) is 2.91. The molecule has 0 saturated carbocycles. The smallest absolute Gasteiger partial charge is 0.228 e. The van der Waals surface area contributed by atoms with Crippen molar-refractivity contribution in [3.05, 3.63) is 47.4 Å². The zero-order chi connectivity index (χ0) is 15.8. The van der Waals surface area contributed by atoms with Crippen molar-refractivity contribution in [1.82, 2.24) is 20.8 Å². The van der Waals surface area contributed by atoms with Crippen molar-refractivity contribution in [2.75, 3.05) is 20.1 Å². The summed E-state index contributed by atoms with van der Waals surface area (Å²) in [6.45, 7) is 3.09. The van der Waals surface area contributed by atoms with Crippen LogP contribution in [0.2, 0.25) is 0 Å². The fraction of sp³-hybridized carbons (Fsp3) is 0.400. The van der Waals surface area contributed by atoms with Gasteiger partial charge in [-0.15, -0.1) is 0 Å². The van der Waals surface area contributed by atoms with Crippen molar-refractivity contribution in [3.63, 3.8) is 0 Å². The number of hydrogen-bond acceptors (Lipinski definition) is 4. The average molecular weight is 305 g/mol. The van der Waals surface area contributed by atoms with E-state index in [1.807, 2.05) is 6.07 Å². The standard InChI is InChI=1S/C15H20FN5O/c1-11-20-14(22-21-11)7-9-19-15(17-2)18-8-6-12-4-3-5-13(16)10-12/h3-5,10H,6-9H2,1-2H3,(H2,17,18,19). The Kier molecular flexibility index (Phi) is 5.88. The van der Waals surface area contributed by atoms with Crippen LogP contribution in [-0.4, -0.2) is 36.2 Å². The van der Waals surface area contributed by atoms with Gasteiger partial charge in [0.1, 0.15) is 5.82 Å². The Bertz CT molecular complexity index is 626. The number of aryl methyl sites for hydroxylation is 1. The molecule has 7 heteroatoms. The molecular weight excluding hydrogens is 285 g/mol. The number of hydrogen-bond donors (Lipinski definition) is 2. The highest BCUT2D eigenvalue weighted by Gasteiger charge is 2.03. The number of halogens is 1. The Morgan fingerprint density at radius 2 is 2.05 bits per heavy atom. The van der Waals surface area contributed by atoms with Crippen LogP contribution in [0.25, 0.3) is 0 Å². The molecule has 0 unspecified atom stereocenters. The monoisotopic (exact) mass is 305 g/mol. The van der Waals surface area contributed by atoms with Gasteiger partial charge in [0.2, 0.25) is 5.89 Å². The Labute approximate surface area is 128 Å². The third kappa shape index (κ3) is 5.16. The molecule has 0 aliphatic carbocycles. The fourth-order valence-electron chi connectivity index (χ4n) is 1.97. The SMILES string of the molecule is CN=C(NCCc1cccc(F)c1)NCCc1nc(C)no1. The minimum absolute atomic E-state index is 0.213. The Balaban J connectivity index is 1.69. The molecule has 22 heavy (non-hydrogen) atoms. The summed E-state index contributed by atoms with van der Waals surface area (Å²) < 4.78 is 18.1. The number of rotatable bonds is 6. The zero-order valence-electron chi connectivity index (χ0n) is 12.8. The van der Waals surface area contributed by atoms with Gasteiger partial charge in [-0.05, 0) is 31.0 Å². The molecule has 0 fully saturated rings. The number of nitrogens with one attached hydrogen (secondary N) is 2. The van der Waals surface area contributed by atoms with Gasteiger partial charge >= 0.3 is 0 Å². The third-order valence-electron chi connectivity index (χ3n) is 3.02. The van der Waals surface area contributed by atoms with Crippen molar-refractivity contribution < 1.29 is 8.91 Å². The maximum atomic E-state index is 13.1. The number of guanidine groups is 1. The Morgan fingerprint density at radius 1 is 1.27 bits per heavy atom. The summed E-state index contributed by atoms with van der Waals surface area (Å²) in [4.78, 5) is 8.26. The number of benzene rings is 1.